The van der Waals surface area contributed by atoms with Gasteiger partial charge in [-0.25, -0.2) is 0 Å². The highest BCUT2D eigenvalue weighted by atomic mass is 32.1. The molecule has 2 aliphatic rings. The monoisotopic (exact) mass is 332 g/mol. The fourth-order valence-electron chi connectivity index (χ4n) is 3.24. The number of rotatable bonds is 4. The van der Waals surface area contributed by atoms with E-state index in [1.807, 2.05) is 25.3 Å². The predicted molar refractivity (Wildman–Crippen MR) is 87.6 cm³/mol. The van der Waals surface area contributed by atoms with Gasteiger partial charge in [0.1, 0.15) is 10.6 Å². The summed E-state index contributed by atoms with van der Waals surface area (Å²) in [5.74, 6) is 0. The second-order valence-electron chi connectivity index (χ2n) is 6.28. The average molecular weight is 332 g/mol. The molecule has 4 rings (SSSR count). The summed E-state index contributed by atoms with van der Waals surface area (Å²) in [5, 5.41) is 10.3. The highest BCUT2D eigenvalue weighted by Crippen LogP contribution is 2.38. The lowest BCUT2D eigenvalue weighted by atomic mass is 9.85. The Labute approximate surface area is 139 Å². The van der Waals surface area contributed by atoms with Gasteiger partial charge in [-0.05, 0) is 25.0 Å². The van der Waals surface area contributed by atoms with Crippen molar-refractivity contribution in [2.45, 2.75) is 38.1 Å². The molecule has 1 spiro atoms. The molecule has 1 unspecified atom stereocenters. The first-order valence-corrected chi connectivity index (χ1v) is 8.74. The van der Waals surface area contributed by atoms with Gasteiger partial charge in [0.05, 0.1) is 25.8 Å². The van der Waals surface area contributed by atoms with Gasteiger partial charge in [0, 0.05) is 25.4 Å². The molecular formula is C16H20N4O2S. The van der Waals surface area contributed by atoms with Crippen molar-refractivity contribution >= 4 is 16.5 Å². The maximum absolute atomic E-state index is 6.08. The quantitative estimate of drug-likeness (QED) is 0.855. The van der Waals surface area contributed by atoms with Crippen LogP contribution < -0.4 is 4.90 Å². The van der Waals surface area contributed by atoms with Crippen LogP contribution >= 0.6 is 11.3 Å². The van der Waals surface area contributed by atoms with E-state index in [4.69, 9.17) is 9.47 Å². The van der Waals surface area contributed by atoms with Crippen molar-refractivity contribution < 1.29 is 9.47 Å². The molecule has 6 nitrogen and oxygen atoms in total. The summed E-state index contributed by atoms with van der Waals surface area (Å²) in [5.41, 5.74) is 1.05. The molecule has 2 aromatic rings. The van der Waals surface area contributed by atoms with Crippen LogP contribution in [0.3, 0.4) is 0 Å². The molecule has 0 amide bonds. The lowest BCUT2D eigenvalue weighted by molar-refractivity contribution is -0.148. The van der Waals surface area contributed by atoms with E-state index in [1.165, 1.54) is 0 Å². The third kappa shape index (κ3) is 3.22. The largest absolute Gasteiger partial charge is 0.373 e. The lowest BCUT2D eigenvalue weighted by Crippen LogP contribution is -2.66. The number of aromatic nitrogens is 3. The fourth-order valence-corrected chi connectivity index (χ4v) is 3.93. The SMILES string of the molecule is Cc1nnc(N2CC3(CC(OCc4cccnc4)CCO3)C2)s1. The zero-order valence-corrected chi connectivity index (χ0v) is 14.0. The number of pyridine rings is 1. The topological polar surface area (TPSA) is 60.4 Å². The smallest absolute Gasteiger partial charge is 0.208 e. The summed E-state index contributed by atoms with van der Waals surface area (Å²) >= 11 is 1.64. The molecule has 23 heavy (non-hydrogen) atoms. The average Bonchev–Trinajstić information content (AvgIpc) is 2.98. The summed E-state index contributed by atoms with van der Waals surface area (Å²) in [4.78, 5) is 6.37. The summed E-state index contributed by atoms with van der Waals surface area (Å²) in [6.07, 6.45) is 5.80. The van der Waals surface area contributed by atoms with E-state index < -0.39 is 0 Å². The van der Waals surface area contributed by atoms with Gasteiger partial charge in [-0.1, -0.05) is 17.4 Å². The van der Waals surface area contributed by atoms with Gasteiger partial charge in [0.15, 0.2) is 0 Å². The Morgan fingerprint density at radius 2 is 2.35 bits per heavy atom. The van der Waals surface area contributed by atoms with Crippen LogP contribution in [0.25, 0.3) is 0 Å². The van der Waals surface area contributed by atoms with Gasteiger partial charge in [-0.2, -0.15) is 0 Å². The minimum Gasteiger partial charge on any atom is -0.373 e. The van der Waals surface area contributed by atoms with Gasteiger partial charge in [-0.15, -0.1) is 10.2 Å². The van der Waals surface area contributed by atoms with Crippen LogP contribution in [0.15, 0.2) is 24.5 Å². The second kappa shape index (κ2) is 6.14. The molecule has 2 aliphatic heterocycles. The minimum atomic E-state index is -0.0720. The van der Waals surface area contributed by atoms with E-state index in [9.17, 15) is 0 Å². The van der Waals surface area contributed by atoms with Crippen molar-refractivity contribution in [3.8, 4) is 0 Å². The van der Waals surface area contributed by atoms with Gasteiger partial charge >= 0.3 is 0 Å². The molecule has 2 saturated heterocycles. The number of hydrogen-bond acceptors (Lipinski definition) is 7. The Morgan fingerprint density at radius 1 is 1.43 bits per heavy atom. The van der Waals surface area contributed by atoms with E-state index >= 15 is 0 Å². The molecule has 1 atom stereocenters. The first-order valence-electron chi connectivity index (χ1n) is 7.92. The van der Waals surface area contributed by atoms with Crippen LogP contribution in [-0.2, 0) is 16.1 Å². The van der Waals surface area contributed by atoms with E-state index in [0.717, 1.165) is 48.2 Å². The molecule has 0 N–H and O–H groups in total. The van der Waals surface area contributed by atoms with Crippen LogP contribution in [0.4, 0.5) is 5.13 Å². The lowest BCUT2D eigenvalue weighted by Gasteiger charge is -2.52. The second-order valence-corrected chi connectivity index (χ2v) is 7.44. The zero-order chi connectivity index (χ0) is 15.7. The Kier molecular flexibility index (Phi) is 4.00. The Balaban J connectivity index is 1.31. The normalized spacial score (nSPS) is 23.0. The number of aryl methyl sites for hydroxylation is 1. The summed E-state index contributed by atoms with van der Waals surface area (Å²) in [7, 11) is 0. The molecule has 7 heteroatoms. The number of anilines is 1. The molecule has 2 aromatic heterocycles. The van der Waals surface area contributed by atoms with Crippen LogP contribution in [0.1, 0.15) is 23.4 Å². The molecule has 0 bridgehead atoms. The van der Waals surface area contributed by atoms with Crippen molar-refractivity contribution in [3.05, 3.63) is 35.1 Å². The van der Waals surface area contributed by atoms with Crippen LogP contribution in [-0.4, -0.2) is 46.6 Å². The summed E-state index contributed by atoms with van der Waals surface area (Å²) in [6.45, 7) is 5.13. The molecule has 0 saturated carbocycles. The third-order valence-electron chi connectivity index (χ3n) is 4.40. The zero-order valence-electron chi connectivity index (χ0n) is 13.1. The molecule has 0 aromatic carbocycles. The van der Waals surface area contributed by atoms with Crippen molar-refractivity contribution in [2.24, 2.45) is 0 Å². The van der Waals surface area contributed by atoms with Crippen LogP contribution in [0.5, 0.6) is 0 Å². The van der Waals surface area contributed by atoms with E-state index in [2.05, 4.69) is 20.1 Å². The van der Waals surface area contributed by atoms with Crippen molar-refractivity contribution in [1.29, 1.82) is 0 Å². The molecule has 0 aliphatic carbocycles. The number of hydrogen-bond donors (Lipinski definition) is 0. The van der Waals surface area contributed by atoms with Crippen molar-refractivity contribution in [2.75, 3.05) is 24.6 Å². The van der Waals surface area contributed by atoms with Crippen LogP contribution in [0.2, 0.25) is 0 Å². The van der Waals surface area contributed by atoms with Gasteiger partial charge < -0.3 is 14.4 Å². The minimum absolute atomic E-state index is 0.0720. The molecule has 122 valence electrons. The van der Waals surface area contributed by atoms with E-state index in [-0.39, 0.29) is 11.7 Å². The standard InChI is InChI=1S/C16H20N4O2S/c1-12-18-19-15(23-12)20-10-16(11-20)7-14(4-6-22-16)21-9-13-3-2-5-17-8-13/h2-3,5,8,14H,4,6-7,9-11H2,1H3. The Bertz CT molecular complexity index is 657. The number of nitrogens with zero attached hydrogens (tertiary/aromatic N) is 4. The fraction of sp³-hybridized carbons (Fsp3) is 0.562. The van der Waals surface area contributed by atoms with E-state index in [0.29, 0.717) is 6.61 Å². The van der Waals surface area contributed by atoms with E-state index in [1.54, 1.807) is 17.5 Å². The maximum Gasteiger partial charge on any atom is 0.208 e. The Hall–Kier alpha value is -1.57. The van der Waals surface area contributed by atoms with Crippen molar-refractivity contribution in [3.63, 3.8) is 0 Å². The van der Waals surface area contributed by atoms with Crippen molar-refractivity contribution in [1.82, 2.24) is 15.2 Å². The van der Waals surface area contributed by atoms with Gasteiger partial charge in [0.25, 0.3) is 0 Å². The maximum atomic E-state index is 6.08. The molecule has 4 heterocycles. The van der Waals surface area contributed by atoms with Gasteiger partial charge in [0.2, 0.25) is 5.13 Å². The van der Waals surface area contributed by atoms with Crippen LogP contribution in [0, 0.1) is 6.92 Å². The first kappa shape index (κ1) is 15.0. The highest BCUT2D eigenvalue weighted by Gasteiger charge is 2.48. The first-order chi connectivity index (χ1) is 11.2. The van der Waals surface area contributed by atoms with Gasteiger partial charge in [-0.3, -0.25) is 4.98 Å². The summed E-state index contributed by atoms with van der Waals surface area (Å²) in [6, 6.07) is 3.99. The molecule has 2 fully saturated rings. The Morgan fingerprint density at radius 3 is 3.09 bits per heavy atom. The summed E-state index contributed by atoms with van der Waals surface area (Å²) < 4.78 is 12.1. The molecular weight excluding hydrogens is 312 g/mol. The molecule has 0 radical (unpaired) electrons. The predicted octanol–water partition coefficient (Wildman–Crippen LogP) is 2.20. The third-order valence-corrected chi connectivity index (χ3v) is 5.30. The number of ether oxygens (including phenoxy) is 2. The highest BCUT2D eigenvalue weighted by molar-refractivity contribution is 7.15.